The molecule has 200 valence electrons. The number of para-hydroxylation sites is 1. The van der Waals surface area contributed by atoms with Gasteiger partial charge in [-0.1, -0.05) is 47.7 Å². The van der Waals surface area contributed by atoms with Gasteiger partial charge in [0.25, 0.3) is 11.8 Å². The first-order valence-electron chi connectivity index (χ1n) is 13.1. The summed E-state index contributed by atoms with van der Waals surface area (Å²) in [6, 6.07) is 24.5. The third-order valence-electron chi connectivity index (χ3n) is 6.68. The van der Waals surface area contributed by atoms with Gasteiger partial charge < -0.3 is 14.5 Å². The van der Waals surface area contributed by atoms with Crippen molar-refractivity contribution < 1.29 is 19.1 Å². The van der Waals surface area contributed by atoms with Crippen molar-refractivity contribution in [2.75, 3.05) is 36.0 Å². The zero-order valence-electron chi connectivity index (χ0n) is 22.3. The summed E-state index contributed by atoms with van der Waals surface area (Å²) in [6.45, 7) is 8.30. The summed E-state index contributed by atoms with van der Waals surface area (Å²) < 4.78 is 5.26. The summed E-state index contributed by atoms with van der Waals surface area (Å²) >= 11 is 1.32. The molecule has 0 saturated carbocycles. The number of thioether (sulfide) groups is 1. The van der Waals surface area contributed by atoms with Gasteiger partial charge in [0.05, 0.1) is 17.4 Å². The SMILES string of the molecule is Cc1ccc(SC2=C(N3CCN(c4ccccc4)CC3)C(=O)N(c3ccc(C(=O)OC(C)C)cc3)C2=O)cc1. The van der Waals surface area contributed by atoms with Crippen molar-refractivity contribution in [2.24, 2.45) is 0 Å². The largest absolute Gasteiger partial charge is 0.459 e. The molecule has 3 aromatic carbocycles. The lowest BCUT2D eigenvalue weighted by Gasteiger charge is -2.37. The van der Waals surface area contributed by atoms with E-state index in [9.17, 15) is 14.4 Å². The first-order chi connectivity index (χ1) is 18.8. The maximum Gasteiger partial charge on any atom is 0.338 e. The third kappa shape index (κ3) is 5.71. The molecule has 2 aliphatic rings. The fraction of sp³-hybridized carbons (Fsp3) is 0.258. The van der Waals surface area contributed by atoms with Gasteiger partial charge in [0.1, 0.15) is 10.6 Å². The molecule has 8 heteroatoms. The third-order valence-corrected chi connectivity index (χ3v) is 7.76. The van der Waals surface area contributed by atoms with Crippen LogP contribution in [-0.4, -0.2) is 55.0 Å². The highest BCUT2D eigenvalue weighted by molar-refractivity contribution is 8.04. The molecule has 2 amide bonds. The minimum absolute atomic E-state index is 0.241. The number of imide groups is 1. The Kier molecular flexibility index (Phi) is 7.74. The quantitative estimate of drug-likeness (QED) is 0.299. The van der Waals surface area contributed by atoms with Crippen LogP contribution in [0.15, 0.2) is 94.4 Å². The second-order valence-corrected chi connectivity index (χ2v) is 10.9. The molecule has 39 heavy (non-hydrogen) atoms. The van der Waals surface area contributed by atoms with Crippen molar-refractivity contribution in [1.29, 1.82) is 0 Å². The van der Waals surface area contributed by atoms with Crippen LogP contribution in [0.25, 0.3) is 0 Å². The Balaban J connectivity index is 1.42. The molecule has 0 N–H and O–H groups in total. The van der Waals surface area contributed by atoms with Gasteiger partial charge in [-0.05, 0) is 69.3 Å². The maximum atomic E-state index is 13.9. The lowest BCUT2D eigenvalue weighted by molar-refractivity contribution is -0.121. The summed E-state index contributed by atoms with van der Waals surface area (Å²) in [6.07, 6.45) is -0.241. The van der Waals surface area contributed by atoms with Gasteiger partial charge in [-0.2, -0.15) is 0 Å². The zero-order valence-corrected chi connectivity index (χ0v) is 23.1. The van der Waals surface area contributed by atoms with Crippen LogP contribution in [0.2, 0.25) is 0 Å². The molecule has 0 unspecified atom stereocenters. The number of anilines is 2. The molecule has 2 aliphatic heterocycles. The van der Waals surface area contributed by atoms with Crippen molar-refractivity contribution in [2.45, 2.75) is 31.8 Å². The van der Waals surface area contributed by atoms with E-state index in [-0.39, 0.29) is 17.9 Å². The summed E-state index contributed by atoms with van der Waals surface area (Å²) in [7, 11) is 0. The van der Waals surface area contributed by atoms with E-state index in [0.717, 1.165) is 29.2 Å². The number of amides is 2. The second kappa shape index (κ2) is 11.4. The first-order valence-corrected chi connectivity index (χ1v) is 13.9. The fourth-order valence-electron chi connectivity index (χ4n) is 4.68. The van der Waals surface area contributed by atoms with Crippen LogP contribution in [0.1, 0.15) is 29.8 Å². The van der Waals surface area contributed by atoms with E-state index >= 15 is 0 Å². The van der Waals surface area contributed by atoms with Crippen molar-refractivity contribution in [3.63, 3.8) is 0 Å². The van der Waals surface area contributed by atoms with Crippen LogP contribution in [0.3, 0.4) is 0 Å². The lowest BCUT2D eigenvalue weighted by Crippen LogP contribution is -2.47. The van der Waals surface area contributed by atoms with E-state index in [1.54, 1.807) is 38.1 Å². The molecule has 2 heterocycles. The van der Waals surface area contributed by atoms with Crippen LogP contribution < -0.4 is 9.80 Å². The van der Waals surface area contributed by atoms with E-state index in [1.807, 2.05) is 54.3 Å². The van der Waals surface area contributed by atoms with E-state index in [2.05, 4.69) is 17.0 Å². The Hall–Kier alpha value is -4.04. The predicted molar refractivity (Wildman–Crippen MR) is 154 cm³/mol. The average Bonchev–Trinajstić information content (AvgIpc) is 3.19. The number of piperazine rings is 1. The second-order valence-electron chi connectivity index (χ2n) is 9.85. The van der Waals surface area contributed by atoms with E-state index < -0.39 is 5.97 Å². The number of ether oxygens (including phenoxy) is 1. The Bertz CT molecular complexity index is 1390. The van der Waals surface area contributed by atoms with Crippen LogP contribution in [0.4, 0.5) is 11.4 Å². The number of nitrogens with zero attached hydrogens (tertiary/aromatic N) is 3. The van der Waals surface area contributed by atoms with Crippen molar-refractivity contribution >= 4 is 40.9 Å². The molecule has 0 aliphatic carbocycles. The molecule has 0 aromatic heterocycles. The average molecular weight is 542 g/mol. The Morgan fingerprint density at radius 2 is 1.38 bits per heavy atom. The smallest absolute Gasteiger partial charge is 0.338 e. The van der Waals surface area contributed by atoms with Gasteiger partial charge in [0.2, 0.25) is 0 Å². The number of rotatable bonds is 7. The first kappa shape index (κ1) is 26.6. The minimum atomic E-state index is -0.443. The number of hydrogen-bond donors (Lipinski definition) is 0. The molecule has 5 rings (SSSR count). The molecule has 0 bridgehead atoms. The Labute approximate surface area is 233 Å². The monoisotopic (exact) mass is 541 g/mol. The van der Waals surface area contributed by atoms with Crippen LogP contribution in [0.5, 0.6) is 0 Å². The normalized spacial score (nSPS) is 15.9. The number of aryl methyl sites for hydroxylation is 1. The number of carbonyl (C=O) groups excluding carboxylic acids is 3. The molecular formula is C31H31N3O4S. The van der Waals surface area contributed by atoms with Gasteiger partial charge >= 0.3 is 5.97 Å². The minimum Gasteiger partial charge on any atom is -0.459 e. The number of esters is 1. The fourth-order valence-corrected chi connectivity index (χ4v) is 5.68. The summed E-state index contributed by atoms with van der Waals surface area (Å²) in [4.78, 5) is 46.8. The molecule has 7 nitrogen and oxygen atoms in total. The van der Waals surface area contributed by atoms with E-state index in [1.165, 1.54) is 16.7 Å². The topological polar surface area (TPSA) is 70.2 Å². The standard InChI is InChI=1S/C31H31N3O4S/c1-21(2)38-31(37)23-11-13-25(14-12-23)34-29(35)27(28(30(34)36)39-26-15-9-22(3)10-16-26)33-19-17-32(18-20-33)24-7-5-4-6-8-24/h4-16,21H,17-20H2,1-3H3. The highest BCUT2D eigenvalue weighted by atomic mass is 32.2. The maximum absolute atomic E-state index is 13.9. The highest BCUT2D eigenvalue weighted by Crippen LogP contribution is 2.39. The number of carbonyl (C=O) groups is 3. The van der Waals surface area contributed by atoms with Gasteiger partial charge in [0, 0.05) is 36.8 Å². The molecule has 0 spiro atoms. The van der Waals surface area contributed by atoms with Gasteiger partial charge in [0.15, 0.2) is 0 Å². The lowest BCUT2D eigenvalue weighted by atomic mass is 10.2. The van der Waals surface area contributed by atoms with Crippen LogP contribution in [0, 0.1) is 6.92 Å². The summed E-state index contributed by atoms with van der Waals surface area (Å²) in [5.74, 6) is -1.15. The molecule has 1 saturated heterocycles. The summed E-state index contributed by atoms with van der Waals surface area (Å²) in [5.41, 5.74) is 3.49. The van der Waals surface area contributed by atoms with Gasteiger partial charge in [-0.15, -0.1) is 0 Å². The van der Waals surface area contributed by atoms with E-state index in [4.69, 9.17) is 4.74 Å². The molecule has 1 fully saturated rings. The molecule has 0 radical (unpaired) electrons. The van der Waals surface area contributed by atoms with Crippen LogP contribution in [-0.2, 0) is 14.3 Å². The number of benzene rings is 3. The molecular weight excluding hydrogens is 510 g/mol. The zero-order chi connectivity index (χ0) is 27.5. The molecule has 0 atom stereocenters. The Morgan fingerprint density at radius 3 is 2.00 bits per heavy atom. The van der Waals surface area contributed by atoms with E-state index in [0.29, 0.717) is 34.9 Å². The van der Waals surface area contributed by atoms with Crippen molar-refractivity contribution in [3.05, 3.63) is 101 Å². The highest BCUT2D eigenvalue weighted by Gasteiger charge is 2.43. The van der Waals surface area contributed by atoms with Gasteiger partial charge in [-0.25, -0.2) is 9.69 Å². The van der Waals surface area contributed by atoms with Crippen LogP contribution >= 0.6 is 11.8 Å². The Morgan fingerprint density at radius 1 is 0.769 bits per heavy atom. The summed E-state index contributed by atoms with van der Waals surface area (Å²) in [5, 5.41) is 0. The van der Waals surface area contributed by atoms with Gasteiger partial charge in [-0.3, -0.25) is 9.59 Å². The van der Waals surface area contributed by atoms with Crippen molar-refractivity contribution in [3.8, 4) is 0 Å². The predicted octanol–water partition coefficient (Wildman–Crippen LogP) is 5.26. The van der Waals surface area contributed by atoms with Crippen molar-refractivity contribution in [1.82, 2.24) is 4.90 Å². The number of hydrogen-bond acceptors (Lipinski definition) is 7. The molecule has 3 aromatic rings.